The van der Waals surface area contributed by atoms with Crippen LogP contribution in [0.4, 0.5) is 0 Å². The molecule has 0 aliphatic carbocycles. The minimum Gasteiger partial charge on any atom is -0.494 e. The standard InChI is InChI=1S/C25H33ClN2O3/c1-4-5-15-27-25(30)20(3)28(18-21-8-6-9-22(26)17-21)24(29)10-7-16-31-23-13-11-19(2)12-14-23/h6,8-9,11-14,17,20H,4-5,7,10,15-16,18H2,1-3H3,(H,27,30)/t20-/m0/s1. The Balaban J connectivity index is 1.97. The van der Waals surface area contributed by atoms with Gasteiger partial charge in [-0.05, 0) is 56.5 Å². The zero-order valence-corrected chi connectivity index (χ0v) is 19.5. The van der Waals surface area contributed by atoms with E-state index in [0.29, 0.717) is 37.6 Å². The summed E-state index contributed by atoms with van der Waals surface area (Å²) in [7, 11) is 0. The molecule has 31 heavy (non-hydrogen) atoms. The molecule has 6 heteroatoms. The number of nitrogens with zero attached hydrogens (tertiary/aromatic N) is 1. The van der Waals surface area contributed by atoms with Gasteiger partial charge in [-0.2, -0.15) is 0 Å². The van der Waals surface area contributed by atoms with E-state index in [9.17, 15) is 9.59 Å². The van der Waals surface area contributed by atoms with Crippen LogP contribution in [0.1, 0.15) is 50.7 Å². The largest absolute Gasteiger partial charge is 0.494 e. The van der Waals surface area contributed by atoms with Gasteiger partial charge in [-0.3, -0.25) is 9.59 Å². The van der Waals surface area contributed by atoms with E-state index in [1.807, 2.05) is 49.4 Å². The lowest BCUT2D eigenvalue weighted by molar-refractivity contribution is -0.140. The fourth-order valence-corrected chi connectivity index (χ4v) is 3.36. The number of carbonyl (C=O) groups is 2. The van der Waals surface area contributed by atoms with Crippen molar-refractivity contribution in [2.45, 2.75) is 59.0 Å². The van der Waals surface area contributed by atoms with Gasteiger partial charge in [-0.25, -0.2) is 0 Å². The van der Waals surface area contributed by atoms with Crippen LogP contribution in [-0.2, 0) is 16.1 Å². The maximum absolute atomic E-state index is 13.0. The number of benzene rings is 2. The molecule has 0 saturated carbocycles. The van der Waals surface area contributed by atoms with Gasteiger partial charge < -0.3 is 15.0 Å². The molecule has 1 atom stereocenters. The summed E-state index contributed by atoms with van der Waals surface area (Å²) in [4.78, 5) is 27.3. The van der Waals surface area contributed by atoms with Gasteiger partial charge in [0.1, 0.15) is 11.8 Å². The summed E-state index contributed by atoms with van der Waals surface area (Å²) >= 11 is 6.11. The molecule has 168 valence electrons. The van der Waals surface area contributed by atoms with Crippen LogP contribution in [0.2, 0.25) is 5.02 Å². The van der Waals surface area contributed by atoms with Crippen molar-refractivity contribution in [1.29, 1.82) is 0 Å². The number of aryl methyl sites for hydroxylation is 1. The van der Waals surface area contributed by atoms with Crippen molar-refractivity contribution < 1.29 is 14.3 Å². The van der Waals surface area contributed by atoms with Gasteiger partial charge >= 0.3 is 0 Å². The molecule has 0 heterocycles. The molecule has 2 aromatic rings. The molecule has 0 bridgehead atoms. The zero-order valence-electron chi connectivity index (χ0n) is 18.7. The maximum atomic E-state index is 13.0. The van der Waals surface area contributed by atoms with Crippen LogP contribution in [0.5, 0.6) is 5.75 Å². The highest BCUT2D eigenvalue weighted by Crippen LogP contribution is 2.17. The normalized spacial score (nSPS) is 11.6. The lowest BCUT2D eigenvalue weighted by Crippen LogP contribution is -2.47. The Morgan fingerprint density at radius 2 is 1.87 bits per heavy atom. The van der Waals surface area contributed by atoms with Gasteiger partial charge in [0, 0.05) is 24.5 Å². The number of carbonyl (C=O) groups excluding carboxylic acids is 2. The van der Waals surface area contributed by atoms with Gasteiger partial charge in [0.25, 0.3) is 0 Å². The monoisotopic (exact) mass is 444 g/mol. The third kappa shape index (κ3) is 8.62. The minimum absolute atomic E-state index is 0.0781. The van der Waals surface area contributed by atoms with Crippen LogP contribution in [0, 0.1) is 6.92 Å². The Hall–Kier alpha value is -2.53. The fourth-order valence-electron chi connectivity index (χ4n) is 3.14. The topological polar surface area (TPSA) is 58.6 Å². The summed E-state index contributed by atoms with van der Waals surface area (Å²) in [6.45, 7) is 7.26. The summed E-state index contributed by atoms with van der Waals surface area (Å²) in [5, 5.41) is 3.53. The molecule has 0 saturated heterocycles. The number of hydrogen-bond donors (Lipinski definition) is 1. The Morgan fingerprint density at radius 3 is 2.55 bits per heavy atom. The summed E-state index contributed by atoms with van der Waals surface area (Å²) < 4.78 is 5.73. The minimum atomic E-state index is -0.568. The molecule has 1 N–H and O–H groups in total. The number of ether oxygens (including phenoxy) is 1. The predicted octanol–water partition coefficient (Wildman–Crippen LogP) is 5.14. The van der Waals surface area contributed by atoms with Crippen molar-refractivity contribution in [2.24, 2.45) is 0 Å². The van der Waals surface area contributed by atoms with Gasteiger partial charge in [0.05, 0.1) is 6.61 Å². The Labute approximate surface area is 190 Å². The highest BCUT2D eigenvalue weighted by atomic mass is 35.5. The molecule has 0 fully saturated rings. The molecule has 0 aliphatic heterocycles. The highest BCUT2D eigenvalue weighted by Gasteiger charge is 2.25. The second kappa shape index (κ2) is 13.0. The molecule has 0 unspecified atom stereocenters. The molecule has 5 nitrogen and oxygen atoms in total. The van der Waals surface area contributed by atoms with Crippen LogP contribution >= 0.6 is 11.6 Å². The molecule has 2 aromatic carbocycles. The number of nitrogens with one attached hydrogen (secondary N) is 1. The van der Waals surface area contributed by atoms with E-state index in [0.717, 1.165) is 24.2 Å². The maximum Gasteiger partial charge on any atom is 0.242 e. The first kappa shape index (κ1) is 24.7. The van der Waals surface area contributed by atoms with E-state index < -0.39 is 6.04 Å². The van der Waals surface area contributed by atoms with Crippen LogP contribution in [0.25, 0.3) is 0 Å². The smallest absolute Gasteiger partial charge is 0.242 e. The molecule has 0 radical (unpaired) electrons. The zero-order chi connectivity index (χ0) is 22.6. The van der Waals surface area contributed by atoms with Crippen LogP contribution in [0.15, 0.2) is 48.5 Å². The first-order chi connectivity index (χ1) is 14.9. The second-order valence-corrected chi connectivity index (χ2v) is 8.17. The summed E-state index contributed by atoms with van der Waals surface area (Å²) in [5.74, 6) is 0.572. The van der Waals surface area contributed by atoms with E-state index in [1.165, 1.54) is 5.56 Å². The quantitative estimate of drug-likeness (QED) is 0.461. The van der Waals surface area contributed by atoms with E-state index in [2.05, 4.69) is 12.2 Å². The van der Waals surface area contributed by atoms with Crippen LogP contribution in [0.3, 0.4) is 0 Å². The first-order valence-corrected chi connectivity index (χ1v) is 11.3. The van der Waals surface area contributed by atoms with E-state index in [4.69, 9.17) is 16.3 Å². The lowest BCUT2D eigenvalue weighted by atomic mass is 10.1. The van der Waals surface area contributed by atoms with E-state index >= 15 is 0 Å². The van der Waals surface area contributed by atoms with Crippen molar-refractivity contribution in [3.05, 3.63) is 64.7 Å². The molecule has 0 spiro atoms. The molecule has 2 amide bonds. The number of rotatable bonds is 12. The van der Waals surface area contributed by atoms with E-state index in [-0.39, 0.29) is 11.8 Å². The van der Waals surface area contributed by atoms with Crippen molar-refractivity contribution >= 4 is 23.4 Å². The van der Waals surface area contributed by atoms with Crippen LogP contribution in [-0.4, -0.2) is 35.9 Å². The summed E-state index contributed by atoms with van der Waals surface area (Å²) in [6.07, 6.45) is 2.79. The number of hydrogen-bond acceptors (Lipinski definition) is 3. The Bertz CT molecular complexity index is 839. The molecular weight excluding hydrogens is 412 g/mol. The molecule has 0 aromatic heterocycles. The predicted molar refractivity (Wildman–Crippen MR) is 125 cm³/mol. The third-order valence-electron chi connectivity index (χ3n) is 5.06. The number of unbranched alkanes of at least 4 members (excludes halogenated alkanes) is 1. The van der Waals surface area contributed by atoms with Crippen molar-refractivity contribution in [3.8, 4) is 5.75 Å². The number of halogens is 1. The summed E-state index contributed by atoms with van der Waals surface area (Å²) in [5.41, 5.74) is 2.07. The van der Waals surface area contributed by atoms with Gasteiger partial charge in [-0.15, -0.1) is 0 Å². The molecule has 0 aliphatic rings. The fraction of sp³-hybridized carbons (Fsp3) is 0.440. The van der Waals surface area contributed by atoms with Gasteiger partial charge in [-0.1, -0.05) is 54.8 Å². The van der Waals surface area contributed by atoms with Crippen LogP contribution < -0.4 is 10.1 Å². The Kier molecular flexibility index (Phi) is 10.4. The third-order valence-corrected chi connectivity index (χ3v) is 5.30. The van der Waals surface area contributed by atoms with Gasteiger partial charge in [0.2, 0.25) is 11.8 Å². The SMILES string of the molecule is CCCCNC(=O)[C@H](C)N(Cc1cccc(Cl)c1)C(=O)CCCOc1ccc(C)cc1. The van der Waals surface area contributed by atoms with Crippen molar-refractivity contribution in [2.75, 3.05) is 13.2 Å². The number of amides is 2. The molecular formula is C25H33ClN2O3. The summed E-state index contributed by atoms with van der Waals surface area (Å²) in [6, 6.07) is 14.6. The van der Waals surface area contributed by atoms with Gasteiger partial charge in [0.15, 0.2) is 0 Å². The Morgan fingerprint density at radius 1 is 1.13 bits per heavy atom. The average Bonchev–Trinajstić information content (AvgIpc) is 2.76. The van der Waals surface area contributed by atoms with E-state index in [1.54, 1.807) is 17.9 Å². The van der Waals surface area contributed by atoms with Crippen molar-refractivity contribution in [1.82, 2.24) is 10.2 Å². The van der Waals surface area contributed by atoms with Crippen molar-refractivity contribution in [3.63, 3.8) is 0 Å². The first-order valence-electron chi connectivity index (χ1n) is 10.9. The average molecular weight is 445 g/mol. The lowest BCUT2D eigenvalue weighted by Gasteiger charge is -2.29. The molecule has 2 rings (SSSR count). The second-order valence-electron chi connectivity index (χ2n) is 7.74. The highest BCUT2D eigenvalue weighted by molar-refractivity contribution is 6.30.